The Balaban J connectivity index is 1.74. The molecule has 1 atom stereocenters. The SMILES string of the molecule is O=C=NC1(c2cccc(OC3CCCOC3)c2)CC1. The van der Waals surface area contributed by atoms with Crippen LogP contribution in [0.3, 0.4) is 0 Å². The summed E-state index contributed by atoms with van der Waals surface area (Å²) in [6, 6.07) is 7.88. The molecule has 19 heavy (non-hydrogen) atoms. The number of rotatable bonds is 4. The molecular weight excluding hydrogens is 242 g/mol. The molecule has 0 N–H and O–H groups in total. The summed E-state index contributed by atoms with van der Waals surface area (Å²) in [6.45, 7) is 1.49. The van der Waals surface area contributed by atoms with Gasteiger partial charge in [0.2, 0.25) is 6.08 Å². The molecule has 100 valence electrons. The monoisotopic (exact) mass is 259 g/mol. The molecule has 1 aromatic rings. The van der Waals surface area contributed by atoms with E-state index in [1.807, 2.05) is 24.3 Å². The van der Waals surface area contributed by atoms with E-state index < -0.39 is 0 Å². The summed E-state index contributed by atoms with van der Waals surface area (Å²) in [5.41, 5.74) is 0.717. The molecule has 4 nitrogen and oxygen atoms in total. The van der Waals surface area contributed by atoms with Gasteiger partial charge in [0.25, 0.3) is 0 Å². The maximum absolute atomic E-state index is 10.5. The summed E-state index contributed by atoms with van der Waals surface area (Å²) in [6.07, 6.45) is 5.72. The number of isocyanates is 1. The van der Waals surface area contributed by atoms with Crippen LogP contribution in [0.2, 0.25) is 0 Å². The zero-order chi connectivity index (χ0) is 13.1. The van der Waals surface area contributed by atoms with E-state index in [1.54, 1.807) is 6.08 Å². The molecule has 2 fully saturated rings. The van der Waals surface area contributed by atoms with Crippen molar-refractivity contribution in [1.82, 2.24) is 0 Å². The van der Waals surface area contributed by atoms with Gasteiger partial charge in [0.05, 0.1) is 12.1 Å². The fraction of sp³-hybridized carbons (Fsp3) is 0.533. The van der Waals surface area contributed by atoms with Crippen molar-refractivity contribution in [2.75, 3.05) is 13.2 Å². The molecule has 1 heterocycles. The Labute approximate surface area is 112 Å². The van der Waals surface area contributed by atoms with E-state index in [-0.39, 0.29) is 11.6 Å². The fourth-order valence-electron chi connectivity index (χ4n) is 2.53. The van der Waals surface area contributed by atoms with E-state index in [1.165, 1.54) is 0 Å². The van der Waals surface area contributed by atoms with Crippen LogP contribution in [-0.2, 0) is 15.1 Å². The Morgan fingerprint density at radius 1 is 1.42 bits per heavy atom. The Morgan fingerprint density at radius 3 is 3.00 bits per heavy atom. The van der Waals surface area contributed by atoms with Crippen LogP contribution < -0.4 is 4.74 Å². The summed E-state index contributed by atoms with van der Waals surface area (Å²) in [5.74, 6) is 0.834. The largest absolute Gasteiger partial charge is 0.488 e. The van der Waals surface area contributed by atoms with Gasteiger partial charge in [-0.2, -0.15) is 4.99 Å². The molecule has 0 bridgehead atoms. The number of hydrogen-bond acceptors (Lipinski definition) is 4. The lowest BCUT2D eigenvalue weighted by Crippen LogP contribution is -2.28. The van der Waals surface area contributed by atoms with Crippen molar-refractivity contribution in [2.24, 2.45) is 4.99 Å². The number of hydrogen-bond donors (Lipinski definition) is 0. The molecule has 1 aliphatic carbocycles. The third-order valence-electron chi connectivity index (χ3n) is 3.78. The summed E-state index contributed by atoms with van der Waals surface area (Å²) in [4.78, 5) is 14.4. The first-order valence-electron chi connectivity index (χ1n) is 6.76. The highest BCUT2D eigenvalue weighted by atomic mass is 16.5. The molecule has 0 aromatic heterocycles. The molecule has 0 amide bonds. The molecule has 1 aromatic carbocycles. The molecule has 1 aliphatic heterocycles. The Kier molecular flexibility index (Phi) is 3.36. The van der Waals surface area contributed by atoms with Crippen molar-refractivity contribution < 1.29 is 14.3 Å². The quantitative estimate of drug-likeness (QED) is 0.616. The van der Waals surface area contributed by atoms with Crippen LogP contribution in [0, 0.1) is 0 Å². The van der Waals surface area contributed by atoms with E-state index in [4.69, 9.17) is 9.47 Å². The third-order valence-corrected chi connectivity index (χ3v) is 3.78. The van der Waals surface area contributed by atoms with Crippen molar-refractivity contribution in [3.05, 3.63) is 29.8 Å². The van der Waals surface area contributed by atoms with Crippen LogP contribution in [0.1, 0.15) is 31.2 Å². The number of benzene rings is 1. The summed E-state index contributed by atoms with van der Waals surface area (Å²) in [7, 11) is 0. The second kappa shape index (κ2) is 5.16. The van der Waals surface area contributed by atoms with Crippen molar-refractivity contribution in [3.63, 3.8) is 0 Å². The van der Waals surface area contributed by atoms with Crippen LogP contribution in [0.4, 0.5) is 0 Å². The fourth-order valence-corrected chi connectivity index (χ4v) is 2.53. The molecule has 1 saturated heterocycles. The first-order valence-corrected chi connectivity index (χ1v) is 6.76. The minimum Gasteiger partial charge on any atom is -0.488 e. The van der Waals surface area contributed by atoms with Gasteiger partial charge in [0, 0.05) is 6.61 Å². The lowest BCUT2D eigenvalue weighted by Gasteiger charge is -2.23. The van der Waals surface area contributed by atoms with Gasteiger partial charge < -0.3 is 9.47 Å². The Morgan fingerprint density at radius 2 is 2.32 bits per heavy atom. The van der Waals surface area contributed by atoms with E-state index in [9.17, 15) is 4.79 Å². The summed E-state index contributed by atoms with van der Waals surface area (Å²) < 4.78 is 11.3. The Hall–Kier alpha value is -1.64. The predicted octanol–water partition coefficient (Wildman–Crippen LogP) is 2.57. The average Bonchev–Trinajstić information content (AvgIpc) is 3.22. The zero-order valence-corrected chi connectivity index (χ0v) is 10.8. The van der Waals surface area contributed by atoms with Gasteiger partial charge in [-0.1, -0.05) is 12.1 Å². The van der Waals surface area contributed by atoms with Crippen molar-refractivity contribution in [2.45, 2.75) is 37.3 Å². The number of nitrogens with zero attached hydrogens (tertiary/aromatic N) is 1. The van der Waals surface area contributed by atoms with Crippen LogP contribution in [0.5, 0.6) is 5.75 Å². The van der Waals surface area contributed by atoms with Crippen molar-refractivity contribution in [3.8, 4) is 5.75 Å². The van der Waals surface area contributed by atoms with Crippen LogP contribution >= 0.6 is 0 Å². The second-order valence-corrected chi connectivity index (χ2v) is 5.22. The molecule has 0 spiro atoms. The second-order valence-electron chi connectivity index (χ2n) is 5.22. The van der Waals surface area contributed by atoms with Crippen molar-refractivity contribution in [1.29, 1.82) is 0 Å². The maximum atomic E-state index is 10.5. The van der Waals surface area contributed by atoms with Crippen LogP contribution in [0.25, 0.3) is 0 Å². The molecular formula is C15H17NO3. The molecule has 2 aliphatic rings. The van der Waals surface area contributed by atoms with E-state index >= 15 is 0 Å². The third kappa shape index (κ3) is 2.70. The van der Waals surface area contributed by atoms with E-state index in [2.05, 4.69) is 4.99 Å². The van der Waals surface area contributed by atoms with Gasteiger partial charge in [-0.05, 0) is 43.4 Å². The maximum Gasteiger partial charge on any atom is 0.235 e. The molecule has 0 radical (unpaired) electrons. The molecule has 1 saturated carbocycles. The minimum atomic E-state index is -0.329. The normalized spacial score (nSPS) is 24.3. The highest BCUT2D eigenvalue weighted by molar-refractivity contribution is 5.43. The summed E-state index contributed by atoms with van der Waals surface area (Å²) >= 11 is 0. The zero-order valence-electron chi connectivity index (χ0n) is 10.8. The predicted molar refractivity (Wildman–Crippen MR) is 69.9 cm³/mol. The first-order chi connectivity index (χ1) is 9.32. The van der Waals surface area contributed by atoms with Gasteiger partial charge in [0.1, 0.15) is 11.9 Å². The highest BCUT2D eigenvalue weighted by Crippen LogP contribution is 2.49. The molecule has 4 heteroatoms. The summed E-state index contributed by atoms with van der Waals surface area (Å²) in [5, 5.41) is 0. The molecule has 1 unspecified atom stereocenters. The number of aliphatic imine (C=N–C) groups is 1. The van der Waals surface area contributed by atoms with Gasteiger partial charge >= 0.3 is 0 Å². The lowest BCUT2D eigenvalue weighted by atomic mass is 10.1. The smallest absolute Gasteiger partial charge is 0.235 e. The standard InChI is InChI=1S/C15H17NO3/c17-11-16-15(6-7-15)12-3-1-4-13(9-12)19-14-5-2-8-18-10-14/h1,3-4,9,14H,2,5-8,10H2. The van der Waals surface area contributed by atoms with Crippen molar-refractivity contribution >= 4 is 6.08 Å². The lowest BCUT2D eigenvalue weighted by molar-refractivity contribution is 0.00739. The Bertz CT molecular complexity index is 498. The van der Waals surface area contributed by atoms with Gasteiger partial charge in [0.15, 0.2) is 0 Å². The number of ether oxygens (including phenoxy) is 2. The van der Waals surface area contributed by atoms with Gasteiger partial charge in [-0.3, -0.25) is 0 Å². The van der Waals surface area contributed by atoms with Gasteiger partial charge in [-0.25, -0.2) is 4.79 Å². The van der Waals surface area contributed by atoms with E-state index in [0.29, 0.717) is 6.61 Å². The topological polar surface area (TPSA) is 47.9 Å². The minimum absolute atomic E-state index is 0.133. The van der Waals surface area contributed by atoms with Crippen LogP contribution in [-0.4, -0.2) is 25.4 Å². The average molecular weight is 259 g/mol. The van der Waals surface area contributed by atoms with Gasteiger partial charge in [-0.15, -0.1) is 0 Å². The number of carbonyl (C=O) groups excluding carboxylic acids is 1. The first kappa shape index (κ1) is 12.4. The van der Waals surface area contributed by atoms with Crippen LogP contribution in [0.15, 0.2) is 29.3 Å². The molecule has 3 rings (SSSR count). The highest BCUT2D eigenvalue weighted by Gasteiger charge is 2.45. The van der Waals surface area contributed by atoms with E-state index in [0.717, 1.165) is 43.6 Å².